The summed E-state index contributed by atoms with van der Waals surface area (Å²) >= 11 is 0. The molecule has 7 heteroatoms. The molecule has 3 heterocycles. The number of ether oxygens (including phenoxy) is 1. The number of hydrogen-bond acceptors (Lipinski definition) is 4. The third kappa shape index (κ3) is 5.44. The summed E-state index contributed by atoms with van der Waals surface area (Å²) in [4.78, 5) is 23.5. The van der Waals surface area contributed by atoms with Crippen LogP contribution in [0.5, 0.6) is 0 Å². The molecule has 1 aromatic rings. The molecular weight excluding hydrogens is 402 g/mol. The summed E-state index contributed by atoms with van der Waals surface area (Å²) in [7, 11) is 3.66. The Labute approximate surface area is 192 Å². The Morgan fingerprint density at radius 3 is 2.72 bits per heavy atom. The molecule has 1 N–H and O–H groups in total. The minimum atomic E-state index is 0.318. The van der Waals surface area contributed by atoms with Crippen LogP contribution in [0.2, 0.25) is 0 Å². The smallest absolute Gasteiger partial charge is 0.222 e. The van der Waals surface area contributed by atoms with Crippen LogP contribution in [0.3, 0.4) is 0 Å². The molecule has 176 valence electrons. The quantitative estimate of drug-likeness (QED) is 0.496. The van der Waals surface area contributed by atoms with Crippen LogP contribution < -0.4 is 10.2 Å². The van der Waals surface area contributed by atoms with E-state index < -0.39 is 0 Å². The van der Waals surface area contributed by atoms with Crippen molar-refractivity contribution in [1.82, 2.24) is 15.1 Å². The molecule has 0 spiro atoms. The molecule has 0 aromatic heterocycles. The Kier molecular flexibility index (Phi) is 8.03. The number of hydrogen-bond donors (Lipinski definition) is 1. The van der Waals surface area contributed by atoms with Gasteiger partial charge in [0.25, 0.3) is 0 Å². The van der Waals surface area contributed by atoms with Crippen LogP contribution in [0, 0.1) is 5.92 Å². The normalized spacial score (nSPS) is 22.6. The van der Waals surface area contributed by atoms with Crippen LogP contribution in [0.15, 0.2) is 29.3 Å². The van der Waals surface area contributed by atoms with Gasteiger partial charge in [0.05, 0.1) is 6.61 Å². The summed E-state index contributed by atoms with van der Waals surface area (Å²) in [5.41, 5.74) is 2.64. The van der Waals surface area contributed by atoms with Gasteiger partial charge in [-0.3, -0.25) is 9.79 Å². The lowest BCUT2D eigenvalue weighted by atomic mass is 9.97. The molecule has 32 heavy (non-hydrogen) atoms. The fourth-order valence-corrected chi connectivity index (χ4v) is 5.36. The highest BCUT2D eigenvalue weighted by Crippen LogP contribution is 2.38. The van der Waals surface area contributed by atoms with Crippen molar-refractivity contribution in [2.75, 3.05) is 71.5 Å². The second kappa shape index (κ2) is 11.1. The van der Waals surface area contributed by atoms with Gasteiger partial charge in [-0.1, -0.05) is 18.2 Å². The zero-order valence-electron chi connectivity index (χ0n) is 19.8. The van der Waals surface area contributed by atoms with E-state index in [4.69, 9.17) is 4.74 Å². The highest BCUT2D eigenvalue weighted by molar-refractivity contribution is 5.98. The summed E-state index contributed by atoms with van der Waals surface area (Å²) in [6, 6.07) is 8.69. The van der Waals surface area contributed by atoms with Gasteiger partial charge in [0.2, 0.25) is 5.91 Å². The largest absolute Gasteiger partial charge is 0.383 e. The third-order valence-corrected chi connectivity index (χ3v) is 7.32. The molecule has 1 atom stereocenters. The standard InChI is InChI=1S/C25H39N5O2/c1-26-25(27-18-20-9-13-28(14-10-20)16-17-32-2)30-19-21(22-6-3-4-7-23(22)30)11-15-29-12-5-8-24(29)31/h3-4,6-7,20-21H,5,8-19H2,1-2H3,(H,26,27). The van der Waals surface area contributed by atoms with Crippen LogP contribution in [0.4, 0.5) is 5.69 Å². The minimum absolute atomic E-state index is 0.318. The number of fused-ring (bicyclic) bond motifs is 1. The van der Waals surface area contributed by atoms with E-state index >= 15 is 0 Å². The van der Waals surface area contributed by atoms with Gasteiger partial charge in [0, 0.05) is 64.9 Å². The highest BCUT2D eigenvalue weighted by atomic mass is 16.5. The topological polar surface area (TPSA) is 60.4 Å². The van der Waals surface area contributed by atoms with Crippen LogP contribution >= 0.6 is 0 Å². The molecule has 0 aliphatic carbocycles. The number of likely N-dealkylation sites (tertiary alicyclic amines) is 2. The zero-order chi connectivity index (χ0) is 22.3. The number of amides is 1. The maximum absolute atomic E-state index is 12.0. The van der Waals surface area contributed by atoms with E-state index in [-0.39, 0.29) is 0 Å². The number of nitrogens with zero attached hydrogens (tertiary/aromatic N) is 4. The van der Waals surface area contributed by atoms with Crippen molar-refractivity contribution >= 4 is 17.6 Å². The van der Waals surface area contributed by atoms with Gasteiger partial charge >= 0.3 is 0 Å². The van der Waals surface area contributed by atoms with Crippen LogP contribution in [-0.4, -0.2) is 88.2 Å². The molecule has 2 saturated heterocycles. The van der Waals surface area contributed by atoms with Gasteiger partial charge in [-0.15, -0.1) is 0 Å². The second-order valence-corrected chi connectivity index (χ2v) is 9.35. The highest BCUT2D eigenvalue weighted by Gasteiger charge is 2.32. The molecule has 1 amide bonds. The van der Waals surface area contributed by atoms with Gasteiger partial charge < -0.3 is 24.8 Å². The lowest BCUT2D eigenvalue weighted by Gasteiger charge is -2.32. The number of benzene rings is 1. The minimum Gasteiger partial charge on any atom is -0.383 e. The predicted molar refractivity (Wildman–Crippen MR) is 129 cm³/mol. The Bertz CT molecular complexity index is 790. The number of anilines is 1. The maximum atomic E-state index is 12.0. The first-order valence-corrected chi connectivity index (χ1v) is 12.3. The Morgan fingerprint density at radius 1 is 1.19 bits per heavy atom. The van der Waals surface area contributed by atoms with Crippen LogP contribution in [0.1, 0.15) is 43.6 Å². The molecule has 0 saturated carbocycles. The predicted octanol–water partition coefficient (Wildman–Crippen LogP) is 2.54. The van der Waals surface area contributed by atoms with Crippen molar-refractivity contribution in [2.24, 2.45) is 10.9 Å². The lowest BCUT2D eigenvalue weighted by molar-refractivity contribution is -0.127. The van der Waals surface area contributed by atoms with E-state index in [0.29, 0.717) is 17.7 Å². The number of rotatable bonds is 8. The number of carbonyl (C=O) groups is 1. The van der Waals surface area contributed by atoms with Crippen molar-refractivity contribution in [2.45, 2.75) is 38.0 Å². The summed E-state index contributed by atoms with van der Waals surface area (Å²) in [6.07, 6.45) is 5.17. The molecular formula is C25H39N5O2. The van der Waals surface area contributed by atoms with Crippen LogP contribution in [-0.2, 0) is 9.53 Å². The van der Waals surface area contributed by atoms with Gasteiger partial charge in [-0.25, -0.2) is 0 Å². The van der Waals surface area contributed by atoms with Crippen molar-refractivity contribution in [3.63, 3.8) is 0 Å². The number of aliphatic imine (C=N–C) groups is 1. The molecule has 3 aliphatic rings. The number of carbonyl (C=O) groups excluding carboxylic acids is 1. The summed E-state index contributed by atoms with van der Waals surface area (Å²) in [5, 5.41) is 3.67. The molecule has 0 radical (unpaired) electrons. The fraction of sp³-hybridized carbons (Fsp3) is 0.680. The number of guanidine groups is 1. The molecule has 1 aromatic carbocycles. The van der Waals surface area contributed by atoms with Crippen molar-refractivity contribution in [1.29, 1.82) is 0 Å². The average molecular weight is 442 g/mol. The van der Waals surface area contributed by atoms with E-state index in [1.807, 2.05) is 11.9 Å². The maximum Gasteiger partial charge on any atom is 0.222 e. The van der Waals surface area contributed by atoms with Gasteiger partial charge in [-0.05, 0) is 56.3 Å². The molecule has 7 nitrogen and oxygen atoms in total. The Hall–Kier alpha value is -2.12. The molecule has 1 unspecified atom stereocenters. The van der Waals surface area contributed by atoms with E-state index in [9.17, 15) is 4.79 Å². The van der Waals surface area contributed by atoms with Gasteiger partial charge in [0.1, 0.15) is 0 Å². The third-order valence-electron chi connectivity index (χ3n) is 7.32. The van der Waals surface area contributed by atoms with Crippen LogP contribution in [0.25, 0.3) is 0 Å². The molecule has 4 rings (SSSR count). The van der Waals surface area contributed by atoms with Crippen molar-refractivity contribution < 1.29 is 9.53 Å². The number of piperidine rings is 1. The van der Waals surface area contributed by atoms with E-state index in [1.165, 1.54) is 24.1 Å². The number of methoxy groups -OCH3 is 1. The zero-order valence-corrected chi connectivity index (χ0v) is 19.8. The van der Waals surface area contributed by atoms with Gasteiger partial charge in [0.15, 0.2) is 5.96 Å². The van der Waals surface area contributed by atoms with E-state index in [2.05, 4.69) is 44.4 Å². The van der Waals surface area contributed by atoms with E-state index in [1.54, 1.807) is 7.11 Å². The molecule has 3 aliphatic heterocycles. The second-order valence-electron chi connectivity index (χ2n) is 9.35. The summed E-state index contributed by atoms with van der Waals surface area (Å²) < 4.78 is 5.22. The average Bonchev–Trinajstić information content (AvgIpc) is 3.41. The first kappa shape index (κ1) is 23.1. The molecule has 2 fully saturated rings. The SMILES string of the molecule is CN=C(NCC1CCN(CCOC)CC1)N1CC(CCN2CCCC2=O)c2ccccc21. The Balaban J connectivity index is 1.32. The first-order chi connectivity index (χ1) is 15.7. The number of nitrogens with one attached hydrogen (secondary N) is 1. The lowest BCUT2D eigenvalue weighted by Crippen LogP contribution is -2.45. The van der Waals surface area contributed by atoms with Crippen molar-refractivity contribution in [3.05, 3.63) is 29.8 Å². The number of para-hydroxylation sites is 1. The van der Waals surface area contributed by atoms with Gasteiger partial charge in [-0.2, -0.15) is 0 Å². The molecule has 0 bridgehead atoms. The monoisotopic (exact) mass is 441 g/mol. The Morgan fingerprint density at radius 2 is 2.00 bits per heavy atom. The summed E-state index contributed by atoms with van der Waals surface area (Å²) in [6.45, 7) is 7.83. The van der Waals surface area contributed by atoms with Crippen molar-refractivity contribution in [3.8, 4) is 0 Å². The fourth-order valence-electron chi connectivity index (χ4n) is 5.36. The first-order valence-electron chi connectivity index (χ1n) is 12.3. The summed E-state index contributed by atoms with van der Waals surface area (Å²) in [5.74, 6) is 2.40. The van der Waals surface area contributed by atoms with E-state index in [0.717, 1.165) is 77.6 Å².